The lowest BCUT2D eigenvalue weighted by Gasteiger charge is -2.19. The Hall–Kier alpha value is -1.42. The molecule has 4 heteroatoms. The second-order valence-electron chi connectivity index (χ2n) is 5.33. The number of carbonyl (C=O) groups excluding carboxylic acids is 1. The van der Waals surface area contributed by atoms with Gasteiger partial charge < -0.3 is 11.1 Å². The highest BCUT2D eigenvalue weighted by molar-refractivity contribution is 5.76. The van der Waals surface area contributed by atoms with Crippen LogP contribution in [0.4, 0.5) is 4.39 Å². The van der Waals surface area contributed by atoms with E-state index in [1.54, 1.807) is 12.1 Å². The topological polar surface area (TPSA) is 55.1 Å². The number of halogens is 1. The van der Waals surface area contributed by atoms with E-state index in [9.17, 15) is 9.18 Å². The van der Waals surface area contributed by atoms with Gasteiger partial charge in [0, 0.05) is 12.0 Å². The first-order chi connectivity index (χ1) is 8.28. The number of nitrogens with two attached hydrogens (primary N) is 1. The molecule has 0 aliphatic carbocycles. The van der Waals surface area contributed by atoms with Crippen molar-refractivity contribution in [3.8, 4) is 0 Å². The fraction of sp³-hybridized carbons (Fsp3) is 0.500. The Labute approximate surface area is 108 Å². The Balaban J connectivity index is 2.50. The number of hydrogen-bond acceptors (Lipinski definition) is 2. The van der Waals surface area contributed by atoms with Crippen molar-refractivity contribution in [3.63, 3.8) is 0 Å². The fourth-order valence-corrected chi connectivity index (χ4v) is 1.61. The Morgan fingerprint density at radius 2 is 2.17 bits per heavy atom. The highest BCUT2D eigenvalue weighted by Crippen LogP contribution is 2.14. The van der Waals surface area contributed by atoms with Gasteiger partial charge in [-0.2, -0.15) is 0 Å². The highest BCUT2D eigenvalue weighted by Gasteiger charge is 2.15. The van der Waals surface area contributed by atoms with Crippen molar-refractivity contribution < 1.29 is 9.18 Å². The molecule has 3 N–H and O–H groups in total. The molecule has 1 atom stereocenters. The third kappa shape index (κ3) is 5.27. The minimum atomic E-state index is -0.348. The van der Waals surface area contributed by atoms with Crippen LogP contribution in [0, 0.1) is 5.82 Å². The molecule has 1 amide bonds. The number of amides is 1. The van der Waals surface area contributed by atoms with Crippen molar-refractivity contribution in [2.45, 2.75) is 45.2 Å². The predicted molar refractivity (Wildman–Crippen MR) is 70.5 cm³/mol. The van der Waals surface area contributed by atoms with Gasteiger partial charge in [0.1, 0.15) is 5.82 Å². The van der Waals surface area contributed by atoms with Crippen molar-refractivity contribution in [1.82, 2.24) is 5.32 Å². The van der Waals surface area contributed by atoms with Crippen molar-refractivity contribution >= 4 is 5.91 Å². The van der Waals surface area contributed by atoms with E-state index in [0.717, 1.165) is 5.56 Å². The van der Waals surface area contributed by atoms with Gasteiger partial charge in [0.15, 0.2) is 0 Å². The summed E-state index contributed by atoms with van der Waals surface area (Å²) in [5.41, 5.74) is 6.23. The molecule has 0 aromatic heterocycles. The molecule has 1 rings (SSSR count). The first kappa shape index (κ1) is 14.6. The van der Waals surface area contributed by atoms with Crippen LogP contribution < -0.4 is 11.1 Å². The molecule has 1 aromatic carbocycles. The van der Waals surface area contributed by atoms with Gasteiger partial charge in [-0.1, -0.05) is 12.1 Å². The van der Waals surface area contributed by atoms with E-state index in [4.69, 9.17) is 5.73 Å². The number of nitrogens with one attached hydrogen (secondary N) is 1. The van der Waals surface area contributed by atoms with Gasteiger partial charge in [-0.15, -0.1) is 0 Å². The summed E-state index contributed by atoms with van der Waals surface area (Å²) in [5.74, 6) is -0.359. The maximum absolute atomic E-state index is 13.0. The Bertz CT molecular complexity index is 413. The van der Waals surface area contributed by atoms with E-state index >= 15 is 0 Å². The molecule has 1 unspecified atom stereocenters. The van der Waals surface area contributed by atoms with Gasteiger partial charge in [0.05, 0.1) is 6.04 Å². The lowest BCUT2D eigenvalue weighted by molar-refractivity contribution is -0.122. The maximum atomic E-state index is 13.0. The molecule has 1 aromatic rings. The van der Waals surface area contributed by atoms with Crippen LogP contribution in [0.15, 0.2) is 24.3 Å². The SMILES string of the molecule is CC(NC(=O)CCC(C)(C)N)c1cccc(F)c1. The Morgan fingerprint density at radius 1 is 1.50 bits per heavy atom. The molecule has 0 radical (unpaired) electrons. The molecule has 100 valence electrons. The lowest BCUT2D eigenvalue weighted by atomic mass is 9.99. The third-order valence-electron chi connectivity index (χ3n) is 2.72. The van der Waals surface area contributed by atoms with E-state index in [-0.39, 0.29) is 23.3 Å². The largest absolute Gasteiger partial charge is 0.350 e. The average Bonchev–Trinajstić information content (AvgIpc) is 2.25. The molecule has 0 bridgehead atoms. The summed E-state index contributed by atoms with van der Waals surface area (Å²) >= 11 is 0. The van der Waals surface area contributed by atoms with Gasteiger partial charge in [-0.3, -0.25) is 4.79 Å². The summed E-state index contributed by atoms with van der Waals surface area (Å²) in [4.78, 5) is 11.7. The molecule has 0 spiro atoms. The van der Waals surface area contributed by atoms with Gasteiger partial charge in [0.25, 0.3) is 0 Å². The smallest absolute Gasteiger partial charge is 0.220 e. The zero-order valence-corrected chi connectivity index (χ0v) is 11.2. The summed E-state index contributed by atoms with van der Waals surface area (Å²) in [5, 5.41) is 2.83. The number of rotatable bonds is 5. The third-order valence-corrected chi connectivity index (χ3v) is 2.72. The van der Waals surface area contributed by atoms with Gasteiger partial charge in [-0.25, -0.2) is 4.39 Å². The normalized spacial score (nSPS) is 13.2. The predicted octanol–water partition coefficient (Wildman–Crippen LogP) is 2.52. The van der Waals surface area contributed by atoms with E-state index in [0.29, 0.717) is 12.8 Å². The van der Waals surface area contributed by atoms with Crippen LogP contribution in [0.1, 0.15) is 45.2 Å². The second kappa shape index (κ2) is 5.96. The van der Waals surface area contributed by atoms with E-state index in [1.807, 2.05) is 20.8 Å². The van der Waals surface area contributed by atoms with Gasteiger partial charge >= 0.3 is 0 Å². The summed E-state index contributed by atoms with van der Waals surface area (Å²) in [6.45, 7) is 5.60. The monoisotopic (exact) mass is 252 g/mol. The molecule has 18 heavy (non-hydrogen) atoms. The second-order valence-corrected chi connectivity index (χ2v) is 5.33. The van der Waals surface area contributed by atoms with Crippen LogP contribution in [0.3, 0.4) is 0 Å². The lowest BCUT2D eigenvalue weighted by Crippen LogP contribution is -2.35. The standard InChI is InChI=1S/C14H21FN2O/c1-10(11-5-4-6-12(15)9-11)17-13(18)7-8-14(2,3)16/h4-6,9-10H,7-8,16H2,1-3H3,(H,17,18). The van der Waals surface area contributed by atoms with Crippen molar-refractivity contribution in [2.24, 2.45) is 5.73 Å². The summed E-state index contributed by atoms with van der Waals surface area (Å²) in [7, 11) is 0. The summed E-state index contributed by atoms with van der Waals surface area (Å²) in [6.07, 6.45) is 0.998. The molecule has 0 aliphatic rings. The molecule has 0 heterocycles. The Morgan fingerprint density at radius 3 is 2.72 bits per heavy atom. The van der Waals surface area contributed by atoms with Crippen molar-refractivity contribution in [3.05, 3.63) is 35.6 Å². The fourth-order valence-electron chi connectivity index (χ4n) is 1.61. The zero-order chi connectivity index (χ0) is 13.8. The first-order valence-electron chi connectivity index (χ1n) is 6.11. The molecule has 0 aliphatic heterocycles. The van der Waals surface area contributed by atoms with E-state index < -0.39 is 0 Å². The number of hydrogen-bond donors (Lipinski definition) is 2. The van der Waals surface area contributed by atoms with Crippen molar-refractivity contribution in [1.29, 1.82) is 0 Å². The van der Waals surface area contributed by atoms with E-state index in [1.165, 1.54) is 12.1 Å². The minimum absolute atomic E-state index is 0.0645. The van der Waals surface area contributed by atoms with Crippen LogP contribution in [0.5, 0.6) is 0 Å². The molecule has 3 nitrogen and oxygen atoms in total. The quantitative estimate of drug-likeness (QED) is 0.846. The summed E-state index contributed by atoms with van der Waals surface area (Å²) < 4.78 is 13.0. The zero-order valence-electron chi connectivity index (χ0n) is 11.2. The molecule has 0 fully saturated rings. The van der Waals surface area contributed by atoms with Crippen LogP contribution >= 0.6 is 0 Å². The highest BCUT2D eigenvalue weighted by atomic mass is 19.1. The number of carbonyl (C=O) groups is 1. The van der Waals surface area contributed by atoms with Crippen LogP contribution in [-0.4, -0.2) is 11.4 Å². The Kier molecular flexibility index (Phi) is 4.84. The summed E-state index contributed by atoms with van der Waals surface area (Å²) in [6, 6.07) is 6.04. The molecule has 0 saturated heterocycles. The maximum Gasteiger partial charge on any atom is 0.220 e. The van der Waals surface area contributed by atoms with Crippen molar-refractivity contribution in [2.75, 3.05) is 0 Å². The number of benzene rings is 1. The first-order valence-corrected chi connectivity index (χ1v) is 6.11. The van der Waals surface area contributed by atoms with Crippen LogP contribution in [0.25, 0.3) is 0 Å². The average molecular weight is 252 g/mol. The molecular weight excluding hydrogens is 231 g/mol. The van der Waals surface area contributed by atoms with Crippen LogP contribution in [-0.2, 0) is 4.79 Å². The van der Waals surface area contributed by atoms with E-state index in [2.05, 4.69) is 5.32 Å². The molecule has 0 saturated carbocycles. The van der Waals surface area contributed by atoms with Gasteiger partial charge in [0.2, 0.25) is 5.91 Å². The molecular formula is C14H21FN2O. The van der Waals surface area contributed by atoms with Crippen LogP contribution in [0.2, 0.25) is 0 Å². The minimum Gasteiger partial charge on any atom is -0.350 e. The van der Waals surface area contributed by atoms with Gasteiger partial charge in [-0.05, 0) is 44.9 Å².